The normalized spacial score (nSPS) is 10.6. The van der Waals surface area contributed by atoms with E-state index in [1.165, 1.54) is 11.3 Å². The van der Waals surface area contributed by atoms with Crippen LogP contribution in [0.2, 0.25) is 0 Å². The van der Waals surface area contributed by atoms with Gasteiger partial charge in [0.05, 0.1) is 11.4 Å². The first-order valence-corrected chi connectivity index (χ1v) is 7.14. The lowest BCUT2D eigenvalue weighted by atomic mass is 10.3. The molecular formula is C11H8F3N3OS2. The Hall–Kier alpha value is -1.61. The lowest BCUT2D eigenvalue weighted by Gasteiger charge is -2.06. The lowest BCUT2D eigenvalue weighted by molar-refractivity contribution is -0.113. The quantitative estimate of drug-likeness (QED) is 0.695. The number of carbonyl (C=O) groups is 1. The summed E-state index contributed by atoms with van der Waals surface area (Å²) < 4.78 is 39.6. The zero-order valence-electron chi connectivity index (χ0n) is 10.1. The van der Waals surface area contributed by atoms with Gasteiger partial charge in [0.25, 0.3) is 0 Å². The number of aromatic nitrogens is 2. The molecule has 0 radical (unpaired) electrons. The lowest BCUT2D eigenvalue weighted by Crippen LogP contribution is -2.15. The van der Waals surface area contributed by atoms with Crippen LogP contribution in [0.4, 0.5) is 18.9 Å². The molecule has 0 saturated carbocycles. The summed E-state index contributed by atoms with van der Waals surface area (Å²) in [7, 11) is 0. The van der Waals surface area contributed by atoms with Gasteiger partial charge in [0.15, 0.2) is 21.8 Å². The van der Waals surface area contributed by atoms with Gasteiger partial charge in [-0.2, -0.15) is 0 Å². The summed E-state index contributed by atoms with van der Waals surface area (Å²) in [6.45, 7) is 1.78. The van der Waals surface area contributed by atoms with Crippen LogP contribution in [0, 0.1) is 24.4 Å². The van der Waals surface area contributed by atoms with Gasteiger partial charge in [-0.15, -0.1) is 10.2 Å². The number of nitrogens with one attached hydrogen (secondary N) is 1. The predicted molar refractivity (Wildman–Crippen MR) is 70.3 cm³/mol. The molecule has 0 fully saturated rings. The molecule has 1 heterocycles. The van der Waals surface area contributed by atoms with E-state index in [0.717, 1.165) is 28.9 Å². The van der Waals surface area contributed by atoms with Crippen molar-refractivity contribution in [2.75, 3.05) is 11.1 Å². The number of nitrogens with zero attached hydrogens (tertiary/aromatic N) is 2. The number of thioether (sulfide) groups is 1. The largest absolute Gasteiger partial charge is 0.323 e. The Labute approximate surface area is 120 Å². The Morgan fingerprint density at radius 3 is 2.70 bits per heavy atom. The van der Waals surface area contributed by atoms with E-state index < -0.39 is 29.0 Å². The molecule has 1 aromatic carbocycles. The molecule has 0 aliphatic rings. The number of halogens is 3. The second-order valence-electron chi connectivity index (χ2n) is 3.65. The molecule has 1 N–H and O–H groups in total. The van der Waals surface area contributed by atoms with Gasteiger partial charge < -0.3 is 5.32 Å². The van der Waals surface area contributed by atoms with E-state index in [1.54, 1.807) is 6.92 Å². The number of benzene rings is 1. The topological polar surface area (TPSA) is 54.9 Å². The molecule has 106 valence electrons. The number of anilines is 1. The second kappa shape index (κ2) is 6.23. The average molecular weight is 319 g/mol. The Balaban J connectivity index is 1.96. The van der Waals surface area contributed by atoms with Crippen LogP contribution in [0.15, 0.2) is 16.5 Å². The summed E-state index contributed by atoms with van der Waals surface area (Å²) in [4.78, 5) is 11.6. The molecule has 2 aromatic rings. The number of rotatable bonds is 4. The van der Waals surface area contributed by atoms with Crippen LogP contribution < -0.4 is 5.32 Å². The Morgan fingerprint density at radius 2 is 2.05 bits per heavy atom. The third-order valence-electron chi connectivity index (χ3n) is 2.14. The molecule has 1 aromatic heterocycles. The van der Waals surface area contributed by atoms with Crippen molar-refractivity contribution >= 4 is 34.7 Å². The van der Waals surface area contributed by atoms with Crippen LogP contribution in [-0.4, -0.2) is 21.9 Å². The van der Waals surface area contributed by atoms with Crippen molar-refractivity contribution in [3.05, 3.63) is 34.6 Å². The second-order valence-corrected chi connectivity index (χ2v) is 6.05. The van der Waals surface area contributed by atoms with Crippen LogP contribution >= 0.6 is 23.1 Å². The molecule has 2 rings (SSSR count). The number of hydrogen-bond donors (Lipinski definition) is 1. The number of aryl methyl sites for hydroxylation is 1. The maximum absolute atomic E-state index is 13.3. The van der Waals surface area contributed by atoms with E-state index in [-0.39, 0.29) is 5.75 Å². The molecule has 9 heteroatoms. The fraction of sp³-hybridized carbons (Fsp3) is 0.182. The fourth-order valence-corrected chi connectivity index (χ4v) is 2.89. The first-order chi connectivity index (χ1) is 9.47. The van der Waals surface area contributed by atoms with E-state index in [4.69, 9.17) is 0 Å². The minimum absolute atomic E-state index is 0.0347. The summed E-state index contributed by atoms with van der Waals surface area (Å²) in [6.07, 6.45) is 0. The molecule has 4 nitrogen and oxygen atoms in total. The van der Waals surface area contributed by atoms with Gasteiger partial charge >= 0.3 is 0 Å². The van der Waals surface area contributed by atoms with Gasteiger partial charge in [-0.3, -0.25) is 4.79 Å². The minimum Gasteiger partial charge on any atom is -0.323 e. The summed E-state index contributed by atoms with van der Waals surface area (Å²) in [5.74, 6) is -4.93. The average Bonchev–Trinajstić information content (AvgIpc) is 2.83. The van der Waals surface area contributed by atoms with Gasteiger partial charge in [0.1, 0.15) is 5.01 Å². The van der Waals surface area contributed by atoms with E-state index >= 15 is 0 Å². The van der Waals surface area contributed by atoms with E-state index in [0.29, 0.717) is 4.34 Å². The first-order valence-electron chi connectivity index (χ1n) is 5.33. The van der Waals surface area contributed by atoms with Gasteiger partial charge in [-0.1, -0.05) is 23.1 Å². The van der Waals surface area contributed by atoms with Crippen molar-refractivity contribution in [2.45, 2.75) is 11.3 Å². The summed E-state index contributed by atoms with van der Waals surface area (Å²) in [5.41, 5.74) is -0.400. The monoisotopic (exact) mass is 319 g/mol. The van der Waals surface area contributed by atoms with Crippen LogP contribution in [0.5, 0.6) is 0 Å². The van der Waals surface area contributed by atoms with Gasteiger partial charge in [-0.25, -0.2) is 13.2 Å². The van der Waals surface area contributed by atoms with Gasteiger partial charge in [-0.05, 0) is 19.1 Å². The molecule has 0 atom stereocenters. The molecule has 0 saturated heterocycles. The molecule has 1 amide bonds. The highest BCUT2D eigenvalue weighted by atomic mass is 32.2. The van der Waals surface area contributed by atoms with E-state index in [1.807, 2.05) is 0 Å². The highest BCUT2D eigenvalue weighted by molar-refractivity contribution is 8.01. The third-order valence-corrected chi connectivity index (χ3v) is 4.12. The van der Waals surface area contributed by atoms with Crippen molar-refractivity contribution in [1.82, 2.24) is 10.2 Å². The smallest absolute Gasteiger partial charge is 0.234 e. The zero-order chi connectivity index (χ0) is 14.7. The molecule has 0 aliphatic carbocycles. The van der Waals surface area contributed by atoms with Crippen molar-refractivity contribution < 1.29 is 18.0 Å². The van der Waals surface area contributed by atoms with E-state index in [9.17, 15) is 18.0 Å². The van der Waals surface area contributed by atoms with Gasteiger partial charge in [0.2, 0.25) is 5.91 Å². The molecular weight excluding hydrogens is 311 g/mol. The highest BCUT2D eigenvalue weighted by Gasteiger charge is 2.15. The molecule has 0 unspecified atom stereocenters. The van der Waals surface area contributed by atoms with E-state index in [2.05, 4.69) is 15.5 Å². The van der Waals surface area contributed by atoms with Crippen molar-refractivity contribution in [2.24, 2.45) is 0 Å². The Kier molecular flexibility index (Phi) is 4.61. The van der Waals surface area contributed by atoms with Crippen LogP contribution in [0.25, 0.3) is 0 Å². The van der Waals surface area contributed by atoms with Crippen molar-refractivity contribution in [3.63, 3.8) is 0 Å². The fourth-order valence-electron chi connectivity index (χ4n) is 1.27. The van der Waals surface area contributed by atoms with Gasteiger partial charge in [0, 0.05) is 0 Å². The number of carbonyl (C=O) groups excluding carboxylic acids is 1. The summed E-state index contributed by atoms with van der Waals surface area (Å²) in [5, 5.41) is 10.5. The van der Waals surface area contributed by atoms with Crippen LogP contribution in [0.1, 0.15) is 5.01 Å². The Bertz CT molecular complexity index is 648. The number of hydrogen-bond acceptors (Lipinski definition) is 5. The summed E-state index contributed by atoms with van der Waals surface area (Å²) in [6, 6.07) is 1.71. The summed E-state index contributed by atoms with van der Waals surface area (Å²) >= 11 is 2.45. The zero-order valence-corrected chi connectivity index (χ0v) is 11.7. The third kappa shape index (κ3) is 3.48. The van der Waals surface area contributed by atoms with Crippen molar-refractivity contribution in [1.29, 1.82) is 0 Å². The molecule has 0 aliphatic heterocycles. The standard InChI is InChI=1S/C11H8F3N3OS2/c1-5-16-17-11(20-5)19-4-8(18)15-7-3-2-6(12)9(13)10(7)14/h2-3H,4H2,1H3,(H,15,18). The first kappa shape index (κ1) is 14.8. The minimum atomic E-state index is -1.62. The Morgan fingerprint density at radius 1 is 1.30 bits per heavy atom. The van der Waals surface area contributed by atoms with Crippen LogP contribution in [0.3, 0.4) is 0 Å². The molecule has 0 bridgehead atoms. The number of amides is 1. The molecule has 20 heavy (non-hydrogen) atoms. The highest BCUT2D eigenvalue weighted by Crippen LogP contribution is 2.23. The maximum Gasteiger partial charge on any atom is 0.234 e. The molecule has 0 spiro atoms. The predicted octanol–water partition coefficient (Wildman–Crippen LogP) is 2.99. The van der Waals surface area contributed by atoms with Crippen molar-refractivity contribution in [3.8, 4) is 0 Å². The maximum atomic E-state index is 13.3. The SMILES string of the molecule is Cc1nnc(SCC(=O)Nc2ccc(F)c(F)c2F)s1. The van der Waals surface area contributed by atoms with Crippen LogP contribution in [-0.2, 0) is 4.79 Å².